The van der Waals surface area contributed by atoms with E-state index in [4.69, 9.17) is 21.7 Å². The lowest BCUT2D eigenvalue weighted by molar-refractivity contribution is 0.105. The van der Waals surface area contributed by atoms with Crippen molar-refractivity contribution in [2.45, 2.75) is 0 Å². The number of thiophene rings is 1. The van der Waals surface area contributed by atoms with Gasteiger partial charge in [-0.1, -0.05) is 69.2 Å². The number of halogens is 2. The Hall–Kier alpha value is -2.58. The van der Waals surface area contributed by atoms with E-state index in [0.29, 0.717) is 9.90 Å². The SMILES string of the molecule is O=C(/C=C/c1c(-c2ccc(Br)cc2)nc2sc(-c3ccc(Cl)cc3)nn12)c1cccs1. The molecule has 31 heavy (non-hydrogen) atoms. The fraction of sp³-hybridized carbons (Fsp3) is 0. The second-order valence-corrected chi connectivity index (χ2v) is 9.89. The van der Waals surface area contributed by atoms with E-state index in [-0.39, 0.29) is 5.78 Å². The molecule has 4 nitrogen and oxygen atoms in total. The van der Waals surface area contributed by atoms with Crippen molar-refractivity contribution in [1.82, 2.24) is 14.6 Å². The third-order valence-corrected chi connectivity index (χ3v) is 7.23. The van der Waals surface area contributed by atoms with E-state index < -0.39 is 0 Å². The maximum Gasteiger partial charge on any atom is 0.213 e. The summed E-state index contributed by atoms with van der Waals surface area (Å²) in [5.41, 5.74) is 3.47. The summed E-state index contributed by atoms with van der Waals surface area (Å²) in [7, 11) is 0. The minimum Gasteiger partial charge on any atom is -0.288 e. The average molecular weight is 527 g/mol. The van der Waals surface area contributed by atoms with Crippen molar-refractivity contribution < 1.29 is 4.79 Å². The lowest BCUT2D eigenvalue weighted by atomic mass is 10.1. The largest absolute Gasteiger partial charge is 0.288 e. The maximum absolute atomic E-state index is 12.5. The van der Waals surface area contributed by atoms with Gasteiger partial charge in [0.25, 0.3) is 0 Å². The van der Waals surface area contributed by atoms with Gasteiger partial charge < -0.3 is 0 Å². The van der Waals surface area contributed by atoms with Crippen LogP contribution in [0.5, 0.6) is 0 Å². The van der Waals surface area contributed by atoms with Gasteiger partial charge in [-0.3, -0.25) is 4.79 Å². The molecule has 0 radical (unpaired) electrons. The monoisotopic (exact) mass is 525 g/mol. The normalized spacial score (nSPS) is 11.5. The number of ketones is 1. The average Bonchev–Trinajstić information content (AvgIpc) is 3.50. The third-order valence-electron chi connectivity index (χ3n) is 4.60. The Balaban J connectivity index is 1.62. The fourth-order valence-corrected chi connectivity index (χ4v) is 5.05. The van der Waals surface area contributed by atoms with Crippen LogP contribution in [0.1, 0.15) is 15.4 Å². The van der Waals surface area contributed by atoms with Crippen LogP contribution in [-0.2, 0) is 0 Å². The highest BCUT2D eigenvalue weighted by Gasteiger charge is 2.17. The molecule has 0 atom stereocenters. The van der Waals surface area contributed by atoms with Gasteiger partial charge in [0.1, 0.15) is 5.01 Å². The number of allylic oxidation sites excluding steroid dienone is 1. The van der Waals surface area contributed by atoms with E-state index in [9.17, 15) is 4.79 Å². The van der Waals surface area contributed by atoms with Gasteiger partial charge in [0, 0.05) is 20.6 Å². The maximum atomic E-state index is 12.5. The summed E-state index contributed by atoms with van der Waals surface area (Å²) < 4.78 is 2.79. The van der Waals surface area contributed by atoms with Gasteiger partial charge in [-0.2, -0.15) is 5.10 Å². The van der Waals surface area contributed by atoms with Gasteiger partial charge in [-0.25, -0.2) is 9.50 Å². The predicted molar refractivity (Wildman–Crippen MR) is 132 cm³/mol. The number of imidazole rings is 1. The molecule has 0 aliphatic heterocycles. The summed E-state index contributed by atoms with van der Waals surface area (Å²) in [6.07, 6.45) is 3.38. The summed E-state index contributed by atoms with van der Waals surface area (Å²) in [5.74, 6) is -0.0418. The lowest BCUT2D eigenvalue weighted by Crippen LogP contribution is -1.93. The van der Waals surface area contributed by atoms with Crippen molar-refractivity contribution in [1.29, 1.82) is 0 Å². The Morgan fingerprint density at radius 2 is 1.77 bits per heavy atom. The number of benzene rings is 2. The zero-order valence-corrected chi connectivity index (χ0v) is 19.8. The Kier molecular flexibility index (Phi) is 5.58. The molecule has 8 heteroatoms. The molecule has 0 bridgehead atoms. The zero-order chi connectivity index (χ0) is 21.4. The van der Waals surface area contributed by atoms with Gasteiger partial charge in [0.05, 0.1) is 16.3 Å². The van der Waals surface area contributed by atoms with Crippen LogP contribution in [0.15, 0.2) is 76.6 Å². The first-order valence-electron chi connectivity index (χ1n) is 9.26. The van der Waals surface area contributed by atoms with Crippen molar-refractivity contribution in [3.8, 4) is 21.8 Å². The van der Waals surface area contributed by atoms with Crippen LogP contribution in [0, 0.1) is 0 Å². The van der Waals surface area contributed by atoms with E-state index in [1.165, 1.54) is 22.7 Å². The van der Waals surface area contributed by atoms with E-state index in [1.807, 2.05) is 66.0 Å². The summed E-state index contributed by atoms with van der Waals surface area (Å²) >= 11 is 12.4. The van der Waals surface area contributed by atoms with Gasteiger partial charge in [-0.05, 0) is 47.9 Å². The van der Waals surface area contributed by atoms with E-state index in [1.54, 1.807) is 16.7 Å². The molecule has 0 spiro atoms. The molecule has 0 saturated heterocycles. The van der Waals surface area contributed by atoms with Crippen LogP contribution in [0.2, 0.25) is 5.02 Å². The highest BCUT2D eigenvalue weighted by molar-refractivity contribution is 9.10. The minimum absolute atomic E-state index is 0.0418. The van der Waals surface area contributed by atoms with Crippen molar-refractivity contribution in [2.24, 2.45) is 0 Å². The number of fused-ring (bicyclic) bond motifs is 1. The van der Waals surface area contributed by atoms with Crippen LogP contribution in [-0.4, -0.2) is 20.4 Å². The van der Waals surface area contributed by atoms with Crippen molar-refractivity contribution >= 4 is 67.0 Å². The Morgan fingerprint density at radius 3 is 2.48 bits per heavy atom. The van der Waals surface area contributed by atoms with E-state index >= 15 is 0 Å². The standard InChI is InChI=1S/C23H13BrClN3OS2/c24-16-7-3-14(4-8-16)21-18(11-12-19(29)20-2-1-13-30-20)28-23(26-21)31-22(27-28)15-5-9-17(25)10-6-15/h1-13H/b12-11+. The minimum atomic E-state index is -0.0418. The van der Waals surface area contributed by atoms with Gasteiger partial charge in [0.2, 0.25) is 4.96 Å². The molecule has 5 rings (SSSR count). The Labute approximate surface area is 199 Å². The second-order valence-electron chi connectivity index (χ2n) is 6.64. The molecular formula is C23H13BrClN3OS2. The van der Waals surface area contributed by atoms with E-state index in [0.717, 1.165) is 37.0 Å². The molecule has 0 aliphatic rings. The number of carbonyl (C=O) groups excluding carboxylic acids is 1. The molecule has 5 aromatic rings. The molecule has 0 aliphatic carbocycles. The Bertz CT molecular complexity index is 1400. The number of carbonyl (C=O) groups is 1. The molecule has 0 N–H and O–H groups in total. The Morgan fingerprint density at radius 1 is 1.03 bits per heavy atom. The van der Waals surface area contributed by atoms with Crippen LogP contribution < -0.4 is 0 Å². The first-order valence-corrected chi connectivity index (χ1v) is 12.1. The highest BCUT2D eigenvalue weighted by atomic mass is 79.9. The number of aromatic nitrogens is 3. The molecule has 0 unspecified atom stereocenters. The fourth-order valence-electron chi connectivity index (χ4n) is 3.10. The second kappa shape index (κ2) is 8.51. The lowest BCUT2D eigenvalue weighted by Gasteiger charge is -2.01. The number of nitrogens with zero attached hydrogens (tertiary/aromatic N) is 3. The van der Waals surface area contributed by atoms with Crippen LogP contribution >= 0.6 is 50.2 Å². The molecule has 0 fully saturated rings. The molecule has 3 heterocycles. The smallest absolute Gasteiger partial charge is 0.213 e. The summed E-state index contributed by atoms with van der Waals surface area (Å²) in [6.45, 7) is 0. The van der Waals surface area contributed by atoms with Crippen molar-refractivity contribution in [3.05, 3.63) is 92.2 Å². The topological polar surface area (TPSA) is 47.3 Å². The molecule has 152 valence electrons. The van der Waals surface area contributed by atoms with Crippen LogP contribution in [0.25, 0.3) is 32.9 Å². The highest BCUT2D eigenvalue weighted by Crippen LogP contribution is 2.32. The number of hydrogen-bond donors (Lipinski definition) is 0. The zero-order valence-electron chi connectivity index (χ0n) is 15.8. The molecule has 0 amide bonds. The molecular weight excluding hydrogens is 514 g/mol. The predicted octanol–water partition coefficient (Wildman–Crippen LogP) is 7.50. The van der Waals surface area contributed by atoms with Crippen molar-refractivity contribution in [3.63, 3.8) is 0 Å². The first kappa shape index (κ1) is 20.3. The van der Waals surface area contributed by atoms with E-state index in [2.05, 4.69) is 15.9 Å². The number of rotatable bonds is 5. The van der Waals surface area contributed by atoms with Crippen molar-refractivity contribution in [2.75, 3.05) is 0 Å². The quantitative estimate of drug-likeness (QED) is 0.176. The summed E-state index contributed by atoms with van der Waals surface area (Å²) in [6, 6.07) is 19.2. The van der Waals surface area contributed by atoms with Gasteiger partial charge in [-0.15, -0.1) is 11.3 Å². The number of hydrogen-bond acceptors (Lipinski definition) is 5. The third kappa shape index (κ3) is 4.14. The first-order chi connectivity index (χ1) is 15.1. The summed E-state index contributed by atoms with van der Waals surface area (Å²) in [5, 5.41) is 8.18. The molecule has 2 aromatic carbocycles. The molecule has 3 aromatic heterocycles. The van der Waals surface area contributed by atoms with Crippen LogP contribution in [0.3, 0.4) is 0 Å². The van der Waals surface area contributed by atoms with Gasteiger partial charge >= 0.3 is 0 Å². The van der Waals surface area contributed by atoms with Crippen LogP contribution in [0.4, 0.5) is 0 Å². The van der Waals surface area contributed by atoms with Gasteiger partial charge in [0.15, 0.2) is 5.78 Å². The molecule has 0 saturated carbocycles. The summed E-state index contributed by atoms with van der Waals surface area (Å²) in [4.78, 5) is 18.8.